The Bertz CT molecular complexity index is 301. The van der Waals surface area contributed by atoms with Gasteiger partial charge in [0.25, 0.3) is 0 Å². The molecule has 2 nitrogen and oxygen atoms in total. The molecular weight excluding hydrogens is 181 g/mol. The van der Waals surface area contributed by atoms with Gasteiger partial charge >= 0.3 is 0 Å². The van der Waals surface area contributed by atoms with Gasteiger partial charge in [0.05, 0.1) is 0 Å². The topological polar surface area (TPSA) is 32.3 Å². The first-order valence-electron chi connectivity index (χ1n) is 4.75. The van der Waals surface area contributed by atoms with Crippen molar-refractivity contribution in [3.05, 3.63) is 29.6 Å². The van der Waals surface area contributed by atoms with Gasteiger partial charge in [0.2, 0.25) is 0 Å². The number of aliphatic hydroxyl groups is 1. The molecule has 78 valence electrons. The Kier molecular flexibility index (Phi) is 3.89. The molecule has 0 amide bonds. The maximum Gasteiger partial charge on any atom is 0.128 e. The molecule has 0 aliphatic heterocycles. The number of rotatable bonds is 4. The van der Waals surface area contributed by atoms with Crippen molar-refractivity contribution in [1.82, 2.24) is 0 Å². The first-order valence-corrected chi connectivity index (χ1v) is 4.75. The highest BCUT2D eigenvalue weighted by Gasteiger charge is 2.04. The average molecular weight is 197 g/mol. The Morgan fingerprint density at radius 3 is 2.86 bits per heavy atom. The molecule has 1 rings (SSSR count). The van der Waals surface area contributed by atoms with Crippen LogP contribution >= 0.6 is 0 Å². The van der Waals surface area contributed by atoms with Gasteiger partial charge in [0, 0.05) is 24.4 Å². The zero-order valence-corrected chi connectivity index (χ0v) is 8.55. The summed E-state index contributed by atoms with van der Waals surface area (Å²) in [5.41, 5.74) is 1.42. The fourth-order valence-electron chi connectivity index (χ4n) is 1.15. The van der Waals surface area contributed by atoms with Gasteiger partial charge < -0.3 is 10.4 Å². The summed E-state index contributed by atoms with van der Waals surface area (Å²) in [4.78, 5) is 0. The molecule has 0 bridgehead atoms. The van der Waals surface area contributed by atoms with Crippen LogP contribution in [0.25, 0.3) is 0 Å². The zero-order valence-electron chi connectivity index (χ0n) is 8.55. The smallest absolute Gasteiger partial charge is 0.128 e. The first-order chi connectivity index (χ1) is 6.65. The van der Waals surface area contributed by atoms with Crippen molar-refractivity contribution >= 4 is 5.69 Å². The van der Waals surface area contributed by atoms with E-state index in [1.165, 1.54) is 6.07 Å². The minimum atomic E-state index is -0.202. The number of hydrogen-bond acceptors (Lipinski definition) is 2. The number of aliphatic hydroxyl groups excluding tert-OH is 1. The second kappa shape index (κ2) is 4.96. The van der Waals surface area contributed by atoms with E-state index in [0.29, 0.717) is 12.1 Å². The van der Waals surface area contributed by atoms with Crippen LogP contribution in [0.3, 0.4) is 0 Å². The quantitative estimate of drug-likeness (QED) is 0.775. The normalized spacial score (nSPS) is 12.6. The van der Waals surface area contributed by atoms with E-state index >= 15 is 0 Å². The van der Waals surface area contributed by atoms with E-state index in [2.05, 4.69) is 5.32 Å². The summed E-state index contributed by atoms with van der Waals surface area (Å²) in [5, 5.41) is 11.9. The molecule has 0 heterocycles. The van der Waals surface area contributed by atoms with Crippen LogP contribution in [0.1, 0.15) is 12.5 Å². The fourth-order valence-corrected chi connectivity index (χ4v) is 1.15. The Morgan fingerprint density at radius 2 is 2.21 bits per heavy atom. The van der Waals surface area contributed by atoms with Crippen LogP contribution in [-0.4, -0.2) is 18.3 Å². The SMILES string of the molecule is Cc1c(F)cccc1NCC(C)CO. The molecule has 0 spiro atoms. The lowest BCUT2D eigenvalue weighted by atomic mass is 10.1. The Balaban J connectivity index is 2.63. The predicted molar refractivity (Wildman–Crippen MR) is 55.9 cm³/mol. The molecule has 1 atom stereocenters. The number of halogens is 1. The van der Waals surface area contributed by atoms with E-state index in [4.69, 9.17) is 5.11 Å². The summed E-state index contributed by atoms with van der Waals surface area (Å²) >= 11 is 0. The van der Waals surface area contributed by atoms with Gasteiger partial charge in [0.15, 0.2) is 0 Å². The van der Waals surface area contributed by atoms with Gasteiger partial charge in [-0.05, 0) is 25.0 Å². The molecule has 2 N–H and O–H groups in total. The maximum absolute atomic E-state index is 13.1. The standard InChI is InChI=1S/C11H16FNO/c1-8(7-14)6-13-11-5-3-4-10(12)9(11)2/h3-5,8,13-14H,6-7H2,1-2H3. The van der Waals surface area contributed by atoms with Crippen LogP contribution in [0.5, 0.6) is 0 Å². The van der Waals surface area contributed by atoms with E-state index in [-0.39, 0.29) is 18.3 Å². The van der Waals surface area contributed by atoms with Crippen LogP contribution in [0, 0.1) is 18.7 Å². The molecule has 0 aromatic heterocycles. The second-order valence-corrected chi connectivity index (χ2v) is 3.58. The lowest BCUT2D eigenvalue weighted by Gasteiger charge is -2.13. The molecule has 3 heteroatoms. The van der Waals surface area contributed by atoms with Gasteiger partial charge in [-0.25, -0.2) is 4.39 Å². The highest BCUT2D eigenvalue weighted by molar-refractivity contribution is 5.50. The van der Waals surface area contributed by atoms with Gasteiger partial charge in [-0.2, -0.15) is 0 Å². The molecule has 0 saturated carbocycles. The van der Waals surface area contributed by atoms with Crippen molar-refractivity contribution < 1.29 is 9.50 Å². The van der Waals surface area contributed by atoms with Crippen LogP contribution < -0.4 is 5.32 Å². The summed E-state index contributed by atoms with van der Waals surface area (Å²) in [6, 6.07) is 4.95. The van der Waals surface area contributed by atoms with Crippen molar-refractivity contribution in [3.63, 3.8) is 0 Å². The third kappa shape index (κ3) is 2.70. The molecule has 0 aliphatic rings. The highest BCUT2D eigenvalue weighted by atomic mass is 19.1. The van der Waals surface area contributed by atoms with Crippen molar-refractivity contribution in [2.45, 2.75) is 13.8 Å². The predicted octanol–water partition coefficient (Wildman–Crippen LogP) is 2.17. The number of benzene rings is 1. The largest absolute Gasteiger partial charge is 0.396 e. The molecule has 1 unspecified atom stereocenters. The lowest BCUT2D eigenvalue weighted by molar-refractivity contribution is 0.244. The van der Waals surface area contributed by atoms with Crippen molar-refractivity contribution in [2.24, 2.45) is 5.92 Å². The Hall–Kier alpha value is -1.09. The third-order valence-electron chi connectivity index (χ3n) is 2.22. The van der Waals surface area contributed by atoms with Crippen LogP contribution in [0.15, 0.2) is 18.2 Å². The highest BCUT2D eigenvalue weighted by Crippen LogP contribution is 2.17. The van der Waals surface area contributed by atoms with Crippen molar-refractivity contribution in [3.8, 4) is 0 Å². The first kappa shape index (κ1) is 11.0. The Labute approximate surface area is 83.8 Å². The molecule has 14 heavy (non-hydrogen) atoms. The molecule has 0 aliphatic carbocycles. The Morgan fingerprint density at radius 1 is 1.50 bits per heavy atom. The van der Waals surface area contributed by atoms with Gasteiger partial charge in [0.1, 0.15) is 5.82 Å². The molecule has 0 fully saturated rings. The molecular formula is C11H16FNO. The van der Waals surface area contributed by atoms with E-state index in [1.54, 1.807) is 13.0 Å². The van der Waals surface area contributed by atoms with E-state index in [9.17, 15) is 4.39 Å². The van der Waals surface area contributed by atoms with Crippen LogP contribution in [0.4, 0.5) is 10.1 Å². The second-order valence-electron chi connectivity index (χ2n) is 3.58. The van der Waals surface area contributed by atoms with Crippen molar-refractivity contribution in [1.29, 1.82) is 0 Å². The third-order valence-corrected chi connectivity index (χ3v) is 2.22. The molecule has 0 saturated heterocycles. The molecule has 1 aromatic carbocycles. The molecule has 0 radical (unpaired) electrons. The summed E-state index contributed by atoms with van der Waals surface area (Å²) in [6.07, 6.45) is 0. The van der Waals surface area contributed by atoms with Crippen molar-refractivity contribution in [2.75, 3.05) is 18.5 Å². The number of anilines is 1. The van der Waals surface area contributed by atoms with E-state index in [1.807, 2.05) is 13.0 Å². The van der Waals surface area contributed by atoms with Crippen LogP contribution in [0.2, 0.25) is 0 Å². The number of hydrogen-bond donors (Lipinski definition) is 2. The minimum absolute atomic E-state index is 0.140. The summed E-state index contributed by atoms with van der Waals surface area (Å²) < 4.78 is 13.1. The number of nitrogens with one attached hydrogen (secondary N) is 1. The maximum atomic E-state index is 13.1. The average Bonchev–Trinajstić information content (AvgIpc) is 2.20. The van der Waals surface area contributed by atoms with E-state index in [0.717, 1.165) is 5.69 Å². The van der Waals surface area contributed by atoms with Gasteiger partial charge in [-0.3, -0.25) is 0 Å². The summed E-state index contributed by atoms with van der Waals surface area (Å²) in [6.45, 7) is 4.46. The zero-order chi connectivity index (χ0) is 10.6. The van der Waals surface area contributed by atoms with E-state index < -0.39 is 0 Å². The van der Waals surface area contributed by atoms with Crippen LogP contribution in [-0.2, 0) is 0 Å². The lowest BCUT2D eigenvalue weighted by Crippen LogP contribution is -2.15. The minimum Gasteiger partial charge on any atom is -0.396 e. The fraction of sp³-hybridized carbons (Fsp3) is 0.455. The monoisotopic (exact) mass is 197 g/mol. The summed E-state index contributed by atoms with van der Waals surface area (Å²) in [7, 11) is 0. The van der Waals surface area contributed by atoms with Gasteiger partial charge in [-0.15, -0.1) is 0 Å². The summed E-state index contributed by atoms with van der Waals surface area (Å²) in [5.74, 6) is -0.0238. The van der Waals surface area contributed by atoms with Gasteiger partial charge in [-0.1, -0.05) is 13.0 Å². The molecule has 1 aromatic rings.